The van der Waals surface area contributed by atoms with E-state index in [2.05, 4.69) is 47.0 Å². The van der Waals surface area contributed by atoms with Gasteiger partial charge in [0.15, 0.2) is 0 Å². The molecule has 0 saturated heterocycles. The number of nitrogens with zero attached hydrogens (tertiary/aromatic N) is 5. The van der Waals surface area contributed by atoms with Gasteiger partial charge in [0.25, 0.3) is 5.56 Å². The van der Waals surface area contributed by atoms with Crippen molar-refractivity contribution < 1.29 is 4.39 Å². The van der Waals surface area contributed by atoms with Crippen molar-refractivity contribution in [1.82, 2.24) is 30.4 Å². The van der Waals surface area contributed by atoms with E-state index < -0.39 is 11.6 Å². The van der Waals surface area contributed by atoms with Crippen LogP contribution in [0.5, 0.6) is 0 Å². The molecule has 138 valence electrons. The summed E-state index contributed by atoms with van der Waals surface area (Å²) >= 11 is 3.43. The van der Waals surface area contributed by atoms with Gasteiger partial charge in [-0.3, -0.25) is 4.79 Å². The summed E-state index contributed by atoms with van der Waals surface area (Å²) in [6, 6.07) is 13.1. The van der Waals surface area contributed by atoms with Gasteiger partial charge in [0.05, 0.1) is 5.69 Å². The normalized spacial score (nSPS) is 14.9. The number of H-pyrrole nitrogens is 1. The van der Waals surface area contributed by atoms with Crippen LogP contribution in [-0.2, 0) is 0 Å². The fourth-order valence-electron chi connectivity index (χ4n) is 3.32. The molecule has 1 aliphatic heterocycles. The molecule has 0 unspecified atom stereocenters. The molecule has 4 aromatic rings. The Balaban J connectivity index is 1.81. The largest absolute Gasteiger partial charge is 0.318 e. The van der Waals surface area contributed by atoms with E-state index in [-0.39, 0.29) is 5.82 Å². The zero-order chi connectivity index (χ0) is 19.3. The molecular formula is C18H11BrFN7O. The van der Waals surface area contributed by atoms with Crippen molar-refractivity contribution in [1.29, 1.82) is 0 Å². The van der Waals surface area contributed by atoms with Gasteiger partial charge in [-0.1, -0.05) is 33.2 Å². The number of halogens is 2. The number of fused-ring (bicyclic) bond motifs is 2. The number of benzene rings is 2. The highest BCUT2D eigenvalue weighted by Crippen LogP contribution is 2.41. The Morgan fingerprint density at radius 1 is 1.07 bits per heavy atom. The average molecular weight is 440 g/mol. The maximum Gasteiger partial charge on any atom is 0.288 e. The molecule has 8 nitrogen and oxygen atoms in total. The summed E-state index contributed by atoms with van der Waals surface area (Å²) in [6.45, 7) is 0. The number of aromatic amines is 1. The summed E-state index contributed by atoms with van der Waals surface area (Å²) < 4.78 is 15.9. The van der Waals surface area contributed by atoms with Crippen LogP contribution in [0.3, 0.4) is 0 Å². The minimum atomic E-state index is -0.482. The van der Waals surface area contributed by atoms with Crippen LogP contribution in [0, 0.1) is 5.82 Å². The lowest BCUT2D eigenvalue weighted by atomic mass is 9.92. The quantitative estimate of drug-likeness (QED) is 0.438. The molecule has 2 aromatic heterocycles. The van der Waals surface area contributed by atoms with Crippen LogP contribution in [0.4, 0.5) is 16.0 Å². The molecule has 0 aliphatic carbocycles. The monoisotopic (exact) mass is 439 g/mol. The Bertz CT molecular complexity index is 1230. The zero-order valence-electron chi connectivity index (χ0n) is 14.1. The maximum absolute atomic E-state index is 13.4. The van der Waals surface area contributed by atoms with Crippen molar-refractivity contribution in [3.05, 3.63) is 80.3 Å². The number of hydrogen-bond donors (Lipinski definition) is 2. The highest BCUT2D eigenvalue weighted by molar-refractivity contribution is 9.10. The summed E-state index contributed by atoms with van der Waals surface area (Å²) in [5.74, 6) is -0.00503. The maximum atomic E-state index is 13.4. The van der Waals surface area contributed by atoms with Crippen molar-refractivity contribution in [2.24, 2.45) is 0 Å². The van der Waals surface area contributed by atoms with E-state index in [0.717, 1.165) is 10.0 Å². The molecule has 3 heterocycles. The Kier molecular flexibility index (Phi) is 3.79. The lowest BCUT2D eigenvalue weighted by Gasteiger charge is -2.27. The summed E-state index contributed by atoms with van der Waals surface area (Å²) in [4.78, 5) is 12.5. The van der Waals surface area contributed by atoms with E-state index >= 15 is 0 Å². The molecule has 0 radical (unpaired) electrons. The van der Waals surface area contributed by atoms with Crippen molar-refractivity contribution in [2.45, 2.75) is 6.04 Å². The van der Waals surface area contributed by atoms with Crippen molar-refractivity contribution in [3.8, 4) is 11.3 Å². The first-order chi connectivity index (χ1) is 13.6. The SMILES string of the molecule is O=c1[nH]nc(-c2ccc(F)cc2)c2c1Nc1nnnn1[C@H]2c1ccc(Br)cc1. The summed E-state index contributed by atoms with van der Waals surface area (Å²) in [5.41, 5.74) is 2.57. The minimum Gasteiger partial charge on any atom is -0.318 e. The Morgan fingerprint density at radius 2 is 1.82 bits per heavy atom. The Morgan fingerprint density at radius 3 is 2.57 bits per heavy atom. The first kappa shape index (κ1) is 16.8. The van der Waals surface area contributed by atoms with Gasteiger partial charge in [0, 0.05) is 15.6 Å². The van der Waals surface area contributed by atoms with E-state index in [1.807, 2.05) is 24.3 Å². The molecule has 2 aromatic carbocycles. The first-order valence-electron chi connectivity index (χ1n) is 8.30. The number of tetrazole rings is 1. The summed E-state index contributed by atoms with van der Waals surface area (Å²) in [7, 11) is 0. The number of anilines is 2. The molecule has 2 N–H and O–H groups in total. The third kappa shape index (κ3) is 2.61. The number of nitrogens with one attached hydrogen (secondary N) is 2. The van der Waals surface area contributed by atoms with Crippen LogP contribution in [0.25, 0.3) is 11.3 Å². The predicted molar refractivity (Wildman–Crippen MR) is 103 cm³/mol. The van der Waals surface area contributed by atoms with Crippen LogP contribution in [-0.4, -0.2) is 30.4 Å². The van der Waals surface area contributed by atoms with Crippen LogP contribution in [0.15, 0.2) is 57.8 Å². The molecule has 0 amide bonds. The van der Waals surface area contributed by atoms with E-state index in [1.54, 1.807) is 16.8 Å². The predicted octanol–water partition coefficient (Wildman–Crippen LogP) is 3.02. The fraction of sp³-hybridized carbons (Fsp3) is 0.0556. The number of hydrogen-bond acceptors (Lipinski definition) is 6. The van der Waals surface area contributed by atoms with Gasteiger partial charge in [-0.2, -0.15) is 9.78 Å². The highest BCUT2D eigenvalue weighted by Gasteiger charge is 2.34. The molecule has 10 heteroatoms. The fourth-order valence-corrected chi connectivity index (χ4v) is 3.58. The molecule has 1 aliphatic rings. The second-order valence-corrected chi connectivity index (χ2v) is 7.14. The van der Waals surface area contributed by atoms with Crippen LogP contribution in [0.1, 0.15) is 17.2 Å². The average Bonchev–Trinajstić information content (AvgIpc) is 3.17. The van der Waals surface area contributed by atoms with Crippen LogP contribution < -0.4 is 10.9 Å². The standard InChI is InChI=1S/C18H11BrFN7O/c19-11-5-1-10(2-6-11)16-13-14(9-3-7-12(20)8-4-9)22-23-17(28)15(13)21-18-24-25-26-27(16)18/h1-8,16H,(H,23,28)(H,21,24,26)/t16-/m0/s1. The third-order valence-corrected chi connectivity index (χ3v) is 5.10. The van der Waals surface area contributed by atoms with Gasteiger partial charge < -0.3 is 5.32 Å². The van der Waals surface area contributed by atoms with Crippen LogP contribution in [0.2, 0.25) is 0 Å². The smallest absolute Gasteiger partial charge is 0.288 e. The molecule has 28 heavy (non-hydrogen) atoms. The topological polar surface area (TPSA) is 101 Å². The highest BCUT2D eigenvalue weighted by atomic mass is 79.9. The van der Waals surface area contributed by atoms with Gasteiger partial charge in [-0.05, 0) is 52.4 Å². The van der Waals surface area contributed by atoms with Gasteiger partial charge in [-0.25, -0.2) is 9.49 Å². The van der Waals surface area contributed by atoms with Gasteiger partial charge in [-0.15, -0.1) is 0 Å². The van der Waals surface area contributed by atoms with E-state index in [0.29, 0.717) is 28.5 Å². The first-order valence-corrected chi connectivity index (χ1v) is 9.10. The molecule has 0 fully saturated rings. The lowest BCUT2D eigenvalue weighted by molar-refractivity contribution is 0.567. The van der Waals surface area contributed by atoms with Gasteiger partial charge in [0.2, 0.25) is 5.95 Å². The van der Waals surface area contributed by atoms with Crippen molar-refractivity contribution in [3.63, 3.8) is 0 Å². The second-order valence-electron chi connectivity index (χ2n) is 6.22. The molecular weight excluding hydrogens is 429 g/mol. The summed E-state index contributed by atoms with van der Waals surface area (Å²) in [5, 5.41) is 21.5. The molecule has 0 saturated carbocycles. The second kappa shape index (κ2) is 6.34. The minimum absolute atomic E-state index is 0.310. The number of aromatic nitrogens is 6. The van der Waals surface area contributed by atoms with E-state index in [1.165, 1.54) is 12.1 Å². The van der Waals surface area contributed by atoms with Crippen LogP contribution >= 0.6 is 15.9 Å². The summed E-state index contributed by atoms with van der Waals surface area (Å²) in [6.07, 6.45) is 0. The third-order valence-electron chi connectivity index (χ3n) is 4.57. The zero-order valence-corrected chi connectivity index (χ0v) is 15.7. The number of rotatable bonds is 2. The Labute approximate surface area is 165 Å². The van der Waals surface area contributed by atoms with Crippen molar-refractivity contribution in [2.75, 3.05) is 5.32 Å². The van der Waals surface area contributed by atoms with E-state index in [4.69, 9.17) is 0 Å². The lowest BCUT2D eigenvalue weighted by Crippen LogP contribution is -2.29. The molecule has 0 bridgehead atoms. The van der Waals surface area contributed by atoms with Gasteiger partial charge >= 0.3 is 0 Å². The van der Waals surface area contributed by atoms with Gasteiger partial charge in [0.1, 0.15) is 17.5 Å². The molecule has 0 spiro atoms. The molecule has 1 atom stereocenters. The Hall–Kier alpha value is -3.40. The van der Waals surface area contributed by atoms with E-state index in [9.17, 15) is 9.18 Å². The molecule has 5 rings (SSSR count). The van der Waals surface area contributed by atoms with Crippen molar-refractivity contribution >= 4 is 27.6 Å².